The molecular weight excluding hydrogens is 331 g/mol. The van der Waals surface area contributed by atoms with Crippen LogP contribution in [-0.2, 0) is 18.6 Å². The first kappa shape index (κ1) is 17.2. The molecule has 0 spiro atoms. The third-order valence-electron chi connectivity index (χ3n) is 4.06. The van der Waals surface area contributed by atoms with Crippen LogP contribution in [0.15, 0.2) is 55.1 Å². The van der Waals surface area contributed by atoms with E-state index < -0.39 is 17.2 Å². The molecule has 0 saturated heterocycles. The summed E-state index contributed by atoms with van der Waals surface area (Å²) in [6, 6.07) is 8.92. The second-order valence-electron chi connectivity index (χ2n) is 5.88. The lowest BCUT2D eigenvalue weighted by Gasteiger charge is -2.29. The smallest absolute Gasteiger partial charge is 0.137 e. The van der Waals surface area contributed by atoms with Gasteiger partial charge in [-0.05, 0) is 36.6 Å². The average Bonchev–Trinajstić information content (AvgIpc) is 3.07. The molecule has 1 aromatic heterocycles. The molecule has 0 radical (unpaired) electrons. The highest BCUT2D eigenvalue weighted by molar-refractivity contribution is 5.26. The van der Waals surface area contributed by atoms with Gasteiger partial charge in [0.15, 0.2) is 0 Å². The third-order valence-corrected chi connectivity index (χ3v) is 4.06. The van der Waals surface area contributed by atoms with Crippen molar-refractivity contribution in [3.05, 3.63) is 83.7 Å². The summed E-state index contributed by atoms with van der Waals surface area (Å²) in [6.07, 6.45) is 3.23. The van der Waals surface area contributed by atoms with Crippen LogP contribution in [0.4, 0.5) is 13.2 Å². The predicted molar refractivity (Wildman–Crippen MR) is 85.0 cm³/mol. The van der Waals surface area contributed by atoms with Crippen LogP contribution >= 0.6 is 0 Å². The van der Waals surface area contributed by atoms with E-state index in [1.165, 1.54) is 35.5 Å². The van der Waals surface area contributed by atoms with Crippen molar-refractivity contribution in [1.29, 1.82) is 0 Å². The lowest BCUT2D eigenvalue weighted by molar-refractivity contribution is 0.00317. The molecule has 0 saturated carbocycles. The Hall–Kier alpha value is -2.67. The highest BCUT2D eigenvalue weighted by atomic mass is 19.1. The van der Waals surface area contributed by atoms with Crippen molar-refractivity contribution >= 4 is 0 Å². The van der Waals surface area contributed by atoms with E-state index in [9.17, 15) is 18.3 Å². The van der Waals surface area contributed by atoms with Gasteiger partial charge < -0.3 is 5.11 Å². The first-order valence-corrected chi connectivity index (χ1v) is 7.71. The largest absolute Gasteiger partial charge is 0.383 e. The van der Waals surface area contributed by atoms with Crippen LogP contribution in [0, 0.1) is 17.5 Å². The molecule has 130 valence electrons. The van der Waals surface area contributed by atoms with E-state index in [0.29, 0.717) is 6.42 Å². The van der Waals surface area contributed by atoms with Gasteiger partial charge in [0, 0.05) is 11.6 Å². The molecule has 1 unspecified atom stereocenters. The first-order valence-electron chi connectivity index (χ1n) is 7.71. The third kappa shape index (κ3) is 4.06. The van der Waals surface area contributed by atoms with E-state index in [4.69, 9.17) is 0 Å². The predicted octanol–water partition coefficient (Wildman–Crippen LogP) is 3.22. The van der Waals surface area contributed by atoms with Crippen molar-refractivity contribution in [3.63, 3.8) is 0 Å². The van der Waals surface area contributed by atoms with Gasteiger partial charge in [-0.15, -0.1) is 0 Å². The maximum Gasteiger partial charge on any atom is 0.137 e. The zero-order valence-corrected chi connectivity index (χ0v) is 13.2. The van der Waals surface area contributed by atoms with Crippen LogP contribution < -0.4 is 0 Å². The number of aliphatic hydroxyl groups is 1. The molecule has 25 heavy (non-hydrogen) atoms. The molecule has 1 atom stereocenters. The summed E-state index contributed by atoms with van der Waals surface area (Å²) < 4.78 is 41.9. The molecule has 0 aliphatic carbocycles. The van der Waals surface area contributed by atoms with Crippen molar-refractivity contribution < 1.29 is 18.3 Å². The van der Waals surface area contributed by atoms with Gasteiger partial charge in [0.25, 0.3) is 0 Å². The van der Waals surface area contributed by atoms with Crippen LogP contribution in [0.25, 0.3) is 0 Å². The second-order valence-corrected chi connectivity index (χ2v) is 5.88. The minimum Gasteiger partial charge on any atom is -0.383 e. The molecular formula is C18H16F3N3O. The molecule has 3 aromatic rings. The zero-order chi connectivity index (χ0) is 17.9. The lowest BCUT2D eigenvalue weighted by atomic mass is 9.87. The van der Waals surface area contributed by atoms with Crippen molar-refractivity contribution in [2.75, 3.05) is 0 Å². The number of rotatable bonds is 6. The number of aromatic nitrogens is 3. The van der Waals surface area contributed by atoms with E-state index in [2.05, 4.69) is 10.1 Å². The fourth-order valence-corrected chi connectivity index (χ4v) is 2.75. The Labute approximate surface area is 142 Å². The Morgan fingerprint density at radius 3 is 2.36 bits per heavy atom. The first-order chi connectivity index (χ1) is 12.0. The Morgan fingerprint density at radius 2 is 1.72 bits per heavy atom. The fraction of sp³-hybridized carbons (Fsp3) is 0.222. The van der Waals surface area contributed by atoms with Crippen LogP contribution in [0.3, 0.4) is 0 Å². The minimum absolute atomic E-state index is 0.0217. The number of hydrogen-bond donors (Lipinski definition) is 1. The Morgan fingerprint density at radius 1 is 1.00 bits per heavy atom. The Kier molecular flexibility index (Phi) is 4.85. The summed E-state index contributed by atoms with van der Waals surface area (Å²) in [4.78, 5) is 3.81. The maximum absolute atomic E-state index is 14.3. The quantitative estimate of drug-likeness (QED) is 0.745. The molecule has 0 fully saturated rings. The molecule has 3 rings (SSSR count). The summed E-state index contributed by atoms with van der Waals surface area (Å²) in [5.41, 5.74) is -0.854. The number of hydrogen-bond acceptors (Lipinski definition) is 3. The molecule has 0 bridgehead atoms. The minimum atomic E-state index is -1.63. The highest BCUT2D eigenvalue weighted by Gasteiger charge is 2.33. The molecule has 1 N–H and O–H groups in total. The maximum atomic E-state index is 14.3. The van der Waals surface area contributed by atoms with Crippen LogP contribution in [-0.4, -0.2) is 19.9 Å². The van der Waals surface area contributed by atoms with Crippen molar-refractivity contribution in [3.8, 4) is 0 Å². The van der Waals surface area contributed by atoms with E-state index in [-0.39, 0.29) is 24.3 Å². The normalized spacial score (nSPS) is 13.6. The Balaban J connectivity index is 1.89. The van der Waals surface area contributed by atoms with Crippen LogP contribution in [0.1, 0.15) is 17.5 Å². The molecule has 2 aromatic carbocycles. The van der Waals surface area contributed by atoms with E-state index in [1.54, 1.807) is 12.1 Å². The number of benzene rings is 2. The summed E-state index contributed by atoms with van der Waals surface area (Å²) in [5, 5.41) is 15.1. The Bertz CT molecular complexity index is 837. The summed E-state index contributed by atoms with van der Waals surface area (Å²) in [5.74, 6) is -1.91. The molecule has 7 heteroatoms. The van der Waals surface area contributed by atoms with Gasteiger partial charge >= 0.3 is 0 Å². The van der Waals surface area contributed by atoms with Gasteiger partial charge in [-0.3, -0.25) is 0 Å². The van der Waals surface area contributed by atoms with E-state index in [1.807, 2.05) is 0 Å². The SMILES string of the molecule is OC(CCc1ccc(F)cc1)(Cn1cncn1)c1ccc(F)cc1F. The average molecular weight is 347 g/mol. The van der Waals surface area contributed by atoms with E-state index >= 15 is 0 Å². The molecule has 0 aliphatic rings. The summed E-state index contributed by atoms with van der Waals surface area (Å²) in [6.45, 7) is -0.0449. The zero-order valence-electron chi connectivity index (χ0n) is 13.2. The van der Waals surface area contributed by atoms with Crippen molar-refractivity contribution in [1.82, 2.24) is 14.8 Å². The standard InChI is InChI=1S/C18H16F3N3O/c19-14-3-1-13(2-4-14)7-8-18(25,10-24-12-22-11-23-24)16-6-5-15(20)9-17(16)21/h1-6,9,11-12,25H,7-8,10H2. The van der Waals surface area contributed by atoms with Gasteiger partial charge in [0.2, 0.25) is 0 Å². The van der Waals surface area contributed by atoms with Gasteiger partial charge in [-0.2, -0.15) is 5.10 Å². The van der Waals surface area contributed by atoms with Crippen molar-refractivity contribution in [2.24, 2.45) is 0 Å². The second kappa shape index (κ2) is 7.06. The molecule has 4 nitrogen and oxygen atoms in total. The van der Waals surface area contributed by atoms with Gasteiger partial charge in [0.05, 0.1) is 6.54 Å². The fourth-order valence-electron chi connectivity index (χ4n) is 2.75. The van der Waals surface area contributed by atoms with E-state index in [0.717, 1.165) is 17.7 Å². The molecule has 1 heterocycles. The molecule has 0 amide bonds. The number of nitrogens with zero attached hydrogens (tertiary/aromatic N) is 3. The summed E-state index contributed by atoms with van der Waals surface area (Å²) in [7, 11) is 0. The summed E-state index contributed by atoms with van der Waals surface area (Å²) >= 11 is 0. The van der Waals surface area contributed by atoms with Gasteiger partial charge in [-0.25, -0.2) is 22.8 Å². The van der Waals surface area contributed by atoms with Gasteiger partial charge in [0.1, 0.15) is 35.7 Å². The van der Waals surface area contributed by atoms with Crippen LogP contribution in [0.2, 0.25) is 0 Å². The topological polar surface area (TPSA) is 50.9 Å². The van der Waals surface area contributed by atoms with Gasteiger partial charge in [-0.1, -0.05) is 18.2 Å². The number of aryl methyl sites for hydroxylation is 1. The van der Waals surface area contributed by atoms with Crippen LogP contribution in [0.5, 0.6) is 0 Å². The monoisotopic (exact) mass is 347 g/mol. The number of halogens is 3. The van der Waals surface area contributed by atoms with Crippen molar-refractivity contribution in [2.45, 2.75) is 25.0 Å². The molecule has 0 aliphatic heterocycles. The lowest BCUT2D eigenvalue weighted by Crippen LogP contribution is -2.33. The highest BCUT2D eigenvalue weighted by Crippen LogP contribution is 2.31.